The molecule has 14 heavy (non-hydrogen) atoms. The lowest BCUT2D eigenvalue weighted by Gasteiger charge is -2.34. The van der Waals surface area contributed by atoms with E-state index >= 15 is 0 Å². The zero-order valence-corrected chi connectivity index (χ0v) is 9.00. The van der Waals surface area contributed by atoms with Crippen LogP contribution >= 0.6 is 0 Å². The molecule has 1 aliphatic carbocycles. The molecule has 2 N–H and O–H groups in total. The maximum Gasteiger partial charge on any atom is 0.168 e. The van der Waals surface area contributed by atoms with Gasteiger partial charge in [-0.1, -0.05) is 6.92 Å². The second kappa shape index (κ2) is 4.17. The zero-order chi connectivity index (χ0) is 10.0. The van der Waals surface area contributed by atoms with Gasteiger partial charge in [0.25, 0.3) is 0 Å². The zero-order valence-electron chi connectivity index (χ0n) is 9.00. The summed E-state index contributed by atoms with van der Waals surface area (Å²) in [7, 11) is 0. The van der Waals surface area contributed by atoms with Crippen molar-refractivity contribution in [1.82, 2.24) is 0 Å². The van der Waals surface area contributed by atoms with Gasteiger partial charge in [0.15, 0.2) is 5.79 Å². The highest BCUT2D eigenvalue weighted by Crippen LogP contribution is 2.40. The summed E-state index contributed by atoms with van der Waals surface area (Å²) in [4.78, 5) is 0. The van der Waals surface area contributed by atoms with Crippen LogP contribution in [0, 0.1) is 5.92 Å². The van der Waals surface area contributed by atoms with Gasteiger partial charge < -0.3 is 15.2 Å². The molecule has 1 unspecified atom stereocenters. The van der Waals surface area contributed by atoms with Gasteiger partial charge in [0.05, 0.1) is 12.7 Å². The Bertz CT molecular complexity index is 188. The second-order valence-corrected chi connectivity index (χ2v) is 4.72. The highest BCUT2D eigenvalue weighted by Gasteiger charge is 2.42. The molecule has 1 atom stereocenters. The average Bonchev–Trinajstić information content (AvgIpc) is 2.56. The van der Waals surface area contributed by atoms with Crippen LogP contribution in [-0.4, -0.2) is 25.0 Å². The summed E-state index contributed by atoms with van der Waals surface area (Å²) >= 11 is 0. The molecule has 0 radical (unpaired) electrons. The topological polar surface area (TPSA) is 44.5 Å². The first-order valence-corrected chi connectivity index (χ1v) is 5.76. The van der Waals surface area contributed by atoms with Crippen molar-refractivity contribution < 1.29 is 9.47 Å². The smallest absolute Gasteiger partial charge is 0.168 e. The fourth-order valence-corrected chi connectivity index (χ4v) is 2.41. The molecule has 3 nitrogen and oxygen atoms in total. The van der Waals surface area contributed by atoms with Gasteiger partial charge in [-0.15, -0.1) is 0 Å². The normalized spacial score (nSPS) is 43.3. The fourth-order valence-electron chi connectivity index (χ4n) is 2.41. The van der Waals surface area contributed by atoms with Crippen molar-refractivity contribution in [1.29, 1.82) is 0 Å². The number of nitrogens with two attached hydrogens (primary N) is 1. The lowest BCUT2D eigenvalue weighted by molar-refractivity contribution is -0.191. The average molecular weight is 199 g/mol. The van der Waals surface area contributed by atoms with Gasteiger partial charge >= 0.3 is 0 Å². The number of ether oxygens (including phenoxy) is 2. The highest BCUT2D eigenvalue weighted by atomic mass is 16.7. The van der Waals surface area contributed by atoms with Gasteiger partial charge in [0.1, 0.15) is 0 Å². The lowest BCUT2D eigenvalue weighted by atomic mass is 9.86. The molecule has 2 fully saturated rings. The van der Waals surface area contributed by atoms with Crippen molar-refractivity contribution >= 4 is 0 Å². The molecule has 2 rings (SSSR count). The molecule has 1 spiro atoms. The third-order valence-corrected chi connectivity index (χ3v) is 3.44. The molecule has 3 heteroatoms. The van der Waals surface area contributed by atoms with E-state index in [1.807, 2.05) is 0 Å². The van der Waals surface area contributed by atoms with Crippen molar-refractivity contribution in [2.45, 2.75) is 50.9 Å². The van der Waals surface area contributed by atoms with Gasteiger partial charge in [0.2, 0.25) is 0 Å². The quantitative estimate of drug-likeness (QED) is 0.735. The number of hydrogen-bond donors (Lipinski definition) is 1. The first-order chi connectivity index (χ1) is 6.74. The second-order valence-electron chi connectivity index (χ2n) is 4.72. The molecule has 0 aromatic carbocycles. The number of rotatable bonds is 2. The van der Waals surface area contributed by atoms with Crippen molar-refractivity contribution in [3.8, 4) is 0 Å². The Morgan fingerprint density at radius 2 is 2.07 bits per heavy atom. The van der Waals surface area contributed by atoms with E-state index < -0.39 is 0 Å². The molecular weight excluding hydrogens is 178 g/mol. The Labute approximate surface area is 85.9 Å². The van der Waals surface area contributed by atoms with Crippen LogP contribution in [0.5, 0.6) is 0 Å². The maximum absolute atomic E-state index is 5.98. The molecule has 1 aliphatic heterocycles. The van der Waals surface area contributed by atoms with Crippen LogP contribution in [0.25, 0.3) is 0 Å². The van der Waals surface area contributed by atoms with Crippen LogP contribution in [0.4, 0.5) is 0 Å². The minimum atomic E-state index is -0.230. The summed E-state index contributed by atoms with van der Waals surface area (Å²) in [5, 5.41) is 0. The standard InChI is InChI=1S/C11H21NO2/c1-9-2-5-11(6-3-9)13-8-10(14-11)4-7-12/h9-10H,2-8,12H2,1H3. The molecule has 82 valence electrons. The van der Waals surface area contributed by atoms with E-state index in [1.165, 1.54) is 12.8 Å². The fraction of sp³-hybridized carbons (Fsp3) is 1.00. The van der Waals surface area contributed by atoms with Crippen molar-refractivity contribution in [2.24, 2.45) is 11.7 Å². The Morgan fingerprint density at radius 1 is 1.36 bits per heavy atom. The summed E-state index contributed by atoms with van der Waals surface area (Å²) < 4.78 is 11.8. The van der Waals surface area contributed by atoms with Crippen LogP contribution in [-0.2, 0) is 9.47 Å². The maximum atomic E-state index is 5.98. The van der Waals surface area contributed by atoms with Crippen LogP contribution in [0.2, 0.25) is 0 Å². The number of hydrogen-bond acceptors (Lipinski definition) is 3. The summed E-state index contributed by atoms with van der Waals surface area (Å²) in [6.07, 6.45) is 5.76. The first-order valence-electron chi connectivity index (χ1n) is 5.76. The van der Waals surface area contributed by atoms with E-state index in [1.54, 1.807) is 0 Å². The van der Waals surface area contributed by atoms with Crippen LogP contribution in [0.1, 0.15) is 39.0 Å². The Hall–Kier alpha value is -0.120. The monoisotopic (exact) mass is 199 g/mol. The van der Waals surface area contributed by atoms with Crippen LogP contribution in [0.15, 0.2) is 0 Å². The summed E-state index contributed by atoms with van der Waals surface area (Å²) in [5.41, 5.74) is 5.51. The van der Waals surface area contributed by atoms with Gasteiger partial charge in [-0.05, 0) is 31.7 Å². The van der Waals surface area contributed by atoms with Gasteiger partial charge in [-0.2, -0.15) is 0 Å². The van der Waals surface area contributed by atoms with E-state index in [2.05, 4.69) is 6.92 Å². The van der Waals surface area contributed by atoms with Crippen LogP contribution < -0.4 is 5.73 Å². The molecule has 2 aliphatic rings. The third kappa shape index (κ3) is 2.10. The SMILES string of the molecule is CC1CCC2(CC1)OCC(CCN)O2. The minimum absolute atomic E-state index is 0.230. The first kappa shape index (κ1) is 10.4. The Balaban J connectivity index is 1.86. The predicted octanol–water partition coefficient (Wildman–Crippen LogP) is 1.66. The van der Waals surface area contributed by atoms with Gasteiger partial charge in [-0.3, -0.25) is 0 Å². The molecule has 1 heterocycles. The summed E-state index contributed by atoms with van der Waals surface area (Å²) in [6.45, 7) is 3.74. The van der Waals surface area contributed by atoms with Crippen LogP contribution in [0.3, 0.4) is 0 Å². The van der Waals surface area contributed by atoms with Crippen molar-refractivity contribution in [3.63, 3.8) is 0 Å². The third-order valence-electron chi connectivity index (χ3n) is 3.44. The summed E-state index contributed by atoms with van der Waals surface area (Å²) in [6, 6.07) is 0. The lowest BCUT2D eigenvalue weighted by Crippen LogP contribution is -2.35. The van der Waals surface area contributed by atoms with E-state index in [-0.39, 0.29) is 11.9 Å². The summed E-state index contributed by atoms with van der Waals surface area (Å²) in [5.74, 6) is 0.605. The van der Waals surface area contributed by atoms with Crippen molar-refractivity contribution in [3.05, 3.63) is 0 Å². The highest BCUT2D eigenvalue weighted by molar-refractivity contribution is 4.84. The molecule has 1 saturated carbocycles. The predicted molar refractivity (Wildman–Crippen MR) is 54.9 cm³/mol. The van der Waals surface area contributed by atoms with E-state index in [9.17, 15) is 0 Å². The molecule has 1 saturated heterocycles. The largest absolute Gasteiger partial charge is 0.347 e. The van der Waals surface area contributed by atoms with Gasteiger partial charge in [-0.25, -0.2) is 0 Å². The Morgan fingerprint density at radius 3 is 2.71 bits per heavy atom. The van der Waals surface area contributed by atoms with E-state index in [0.717, 1.165) is 31.8 Å². The molecule has 0 aromatic rings. The minimum Gasteiger partial charge on any atom is -0.347 e. The Kier molecular flexibility index (Phi) is 3.10. The molecular formula is C11H21NO2. The molecule has 0 amide bonds. The van der Waals surface area contributed by atoms with E-state index in [4.69, 9.17) is 15.2 Å². The molecule has 0 aromatic heterocycles. The van der Waals surface area contributed by atoms with Gasteiger partial charge in [0, 0.05) is 12.8 Å². The van der Waals surface area contributed by atoms with E-state index in [0.29, 0.717) is 6.54 Å². The van der Waals surface area contributed by atoms with Crippen molar-refractivity contribution in [2.75, 3.05) is 13.2 Å². The molecule has 0 bridgehead atoms.